The number of unbranched alkanes of at least 4 members (excludes halogenated alkanes) is 3. The van der Waals surface area contributed by atoms with E-state index in [2.05, 4.69) is 13.8 Å². The van der Waals surface area contributed by atoms with Crippen molar-refractivity contribution >= 4 is 0 Å². The van der Waals surface area contributed by atoms with Crippen molar-refractivity contribution in [3.63, 3.8) is 0 Å². The highest BCUT2D eigenvalue weighted by molar-refractivity contribution is 5.35. The minimum atomic E-state index is 0.0237. The lowest BCUT2D eigenvalue weighted by Gasteiger charge is -2.41. The summed E-state index contributed by atoms with van der Waals surface area (Å²) in [4.78, 5) is 0. The lowest BCUT2D eigenvalue weighted by molar-refractivity contribution is -0.0555. The Kier molecular flexibility index (Phi) is 6.75. The van der Waals surface area contributed by atoms with Gasteiger partial charge in [0.25, 0.3) is 0 Å². The summed E-state index contributed by atoms with van der Waals surface area (Å²) in [6.07, 6.45) is 11.2. The van der Waals surface area contributed by atoms with E-state index >= 15 is 0 Å². The Hall–Kier alpha value is -1.02. The number of rotatable bonds is 8. The lowest BCUT2D eigenvalue weighted by Crippen LogP contribution is -2.30. The fourth-order valence-electron chi connectivity index (χ4n) is 3.73. The van der Waals surface area contributed by atoms with Crippen LogP contribution in [0.2, 0.25) is 0 Å². The fraction of sp³-hybridized carbons (Fsp3) is 0.700. The van der Waals surface area contributed by atoms with Crippen LogP contribution in [0, 0.1) is 5.41 Å². The topological polar surface area (TPSA) is 29.5 Å². The summed E-state index contributed by atoms with van der Waals surface area (Å²) in [5.41, 5.74) is 1.13. The third-order valence-electron chi connectivity index (χ3n) is 5.13. The molecule has 2 nitrogen and oxygen atoms in total. The van der Waals surface area contributed by atoms with Crippen LogP contribution in [0.5, 0.6) is 5.75 Å². The van der Waals surface area contributed by atoms with Gasteiger partial charge in [-0.3, -0.25) is 0 Å². The van der Waals surface area contributed by atoms with Crippen molar-refractivity contribution in [2.45, 2.75) is 77.7 Å². The van der Waals surface area contributed by atoms with Gasteiger partial charge < -0.3 is 9.84 Å². The average Bonchev–Trinajstić information content (AvgIpc) is 2.52. The zero-order chi connectivity index (χ0) is 15.8. The van der Waals surface area contributed by atoms with Gasteiger partial charge in [0, 0.05) is 12.2 Å². The van der Waals surface area contributed by atoms with Gasteiger partial charge in [0.1, 0.15) is 5.75 Å². The van der Waals surface area contributed by atoms with Gasteiger partial charge in [-0.15, -0.1) is 0 Å². The standard InChI is InChI=1S/C20H32O2/c1-3-4-5-11-16-22-19(17-12-7-8-13-18(17)21)20(2)14-9-6-10-15-20/h7-8,12-13,19,21H,3-6,9-11,14-16H2,1-2H3. The van der Waals surface area contributed by atoms with E-state index in [4.69, 9.17) is 4.74 Å². The summed E-state index contributed by atoms with van der Waals surface area (Å²) >= 11 is 0. The molecule has 1 aromatic carbocycles. The predicted octanol–water partition coefficient (Wildman–Crippen LogP) is 6.00. The third-order valence-corrected chi connectivity index (χ3v) is 5.13. The molecule has 0 aromatic heterocycles. The van der Waals surface area contributed by atoms with Crippen molar-refractivity contribution in [3.05, 3.63) is 29.8 Å². The van der Waals surface area contributed by atoms with E-state index in [-0.39, 0.29) is 11.5 Å². The number of hydrogen-bond donors (Lipinski definition) is 1. The summed E-state index contributed by atoms with van der Waals surface area (Å²) in [7, 11) is 0. The molecule has 1 saturated carbocycles. The minimum absolute atomic E-state index is 0.0237. The van der Waals surface area contributed by atoms with E-state index in [0.717, 1.165) is 18.6 Å². The molecule has 0 spiro atoms. The second-order valence-corrected chi connectivity index (χ2v) is 7.08. The predicted molar refractivity (Wildman–Crippen MR) is 92.1 cm³/mol. The van der Waals surface area contributed by atoms with E-state index in [9.17, 15) is 5.11 Å². The molecular formula is C20H32O2. The number of ether oxygens (including phenoxy) is 1. The van der Waals surface area contributed by atoms with Crippen LogP contribution in [0.1, 0.15) is 83.3 Å². The SMILES string of the molecule is CCCCCCOC(c1ccccc1O)C1(C)CCCCC1. The maximum atomic E-state index is 10.3. The van der Waals surface area contributed by atoms with Crippen molar-refractivity contribution in [3.8, 4) is 5.75 Å². The average molecular weight is 304 g/mol. The second kappa shape index (κ2) is 8.57. The quantitative estimate of drug-likeness (QED) is 0.597. The number of phenols is 1. The van der Waals surface area contributed by atoms with Crippen LogP contribution in [0.3, 0.4) is 0 Å². The van der Waals surface area contributed by atoms with Gasteiger partial charge >= 0.3 is 0 Å². The molecule has 0 heterocycles. The summed E-state index contributed by atoms with van der Waals surface area (Å²) in [5, 5.41) is 10.3. The van der Waals surface area contributed by atoms with Crippen molar-refractivity contribution in [1.29, 1.82) is 0 Å². The monoisotopic (exact) mass is 304 g/mol. The van der Waals surface area contributed by atoms with Gasteiger partial charge in [-0.2, -0.15) is 0 Å². The molecule has 1 N–H and O–H groups in total. The molecule has 1 unspecified atom stereocenters. The molecule has 1 aromatic rings. The van der Waals surface area contributed by atoms with Crippen LogP contribution in [-0.4, -0.2) is 11.7 Å². The molecule has 2 rings (SSSR count). The van der Waals surface area contributed by atoms with Crippen LogP contribution in [-0.2, 0) is 4.74 Å². The summed E-state index contributed by atoms with van der Waals surface area (Å²) in [5.74, 6) is 0.382. The van der Waals surface area contributed by atoms with Crippen molar-refractivity contribution in [2.24, 2.45) is 5.41 Å². The number of para-hydroxylation sites is 1. The van der Waals surface area contributed by atoms with Crippen molar-refractivity contribution in [2.75, 3.05) is 6.61 Å². The van der Waals surface area contributed by atoms with Crippen LogP contribution in [0.15, 0.2) is 24.3 Å². The molecule has 0 amide bonds. The van der Waals surface area contributed by atoms with E-state index in [1.807, 2.05) is 18.2 Å². The van der Waals surface area contributed by atoms with Gasteiger partial charge in [-0.25, -0.2) is 0 Å². The first-order chi connectivity index (χ1) is 10.7. The molecule has 0 aliphatic heterocycles. The molecule has 1 aliphatic rings. The Morgan fingerprint density at radius 3 is 2.50 bits per heavy atom. The summed E-state index contributed by atoms with van der Waals surface area (Å²) in [6, 6.07) is 7.72. The molecule has 2 heteroatoms. The Morgan fingerprint density at radius 2 is 1.82 bits per heavy atom. The fourth-order valence-corrected chi connectivity index (χ4v) is 3.73. The first kappa shape index (κ1) is 17.3. The molecule has 1 aliphatic carbocycles. The molecule has 1 fully saturated rings. The molecular weight excluding hydrogens is 272 g/mol. The van der Waals surface area contributed by atoms with E-state index in [1.165, 1.54) is 51.4 Å². The first-order valence-corrected chi connectivity index (χ1v) is 9.07. The van der Waals surface area contributed by atoms with Crippen molar-refractivity contribution in [1.82, 2.24) is 0 Å². The molecule has 1 atom stereocenters. The van der Waals surface area contributed by atoms with Gasteiger partial charge in [-0.05, 0) is 30.7 Å². The van der Waals surface area contributed by atoms with Gasteiger partial charge in [0.05, 0.1) is 6.10 Å². The van der Waals surface area contributed by atoms with Crippen LogP contribution >= 0.6 is 0 Å². The number of benzene rings is 1. The normalized spacial score (nSPS) is 19.0. The second-order valence-electron chi connectivity index (χ2n) is 7.08. The van der Waals surface area contributed by atoms with Crippen LogP contribution in [0.4, 0.5) is 0 Å². The number of phenolic OH excluding ortho intramolecular Hbond substituents is 1. The van der Waals surface area contributed by atoms with E-state index in [1.54, 1.807) is 6.07 Å². The van der Waals surface area contributed by atoms with Gasteiger partial charge in [0.15, 0.2) is 0 Å². The summed E-state index contributed by atoms with van der Waals surface area (Å²) < 4.78 is 6.34. The molecule has 0 radical (unpaired) electrons. The van der Waals surface area contributed by atoms with E-state index < -0.39 is 0 Å². The Balaban J connectivity index is 2.08. The van der Waals surface area contributed by atoms with E-state index in [0.29, 0.717) is 5.75 Å². The summed E-state index contributed by atoms with van der Waals surface area (Å²) in [6.45, 7) is 5.37. The molecule has 22 heavy (non-hydrogen) atoms. The highest BCUT2D eigenvalue weighted by Gasteiger charge is 2.38. The molecule has 124 valence electrons. The smallest absolute Gasteiger partial charge is 0.121 e. The van der Waals surface area contributed by atoms with Crippen molar-refractivity contribution < 1.29 is 9.84 Å². The minimum Gasteiger partial charge on any atom is -0.508 e. The van der Waals surface area contributed by atoms with Gasteiger partial charge in [-0.1, -0.05) is 70.6 Å². The van der Waals surface area contributed by atoms with Crippen LogP contribution in [0.25, 0.3) is 0 Å². The highest BCUT2D eigenvalue weighted by Crippen LogP contribution is 2.49. The maximum absolute atomic E-state index is 10.3. The Morgan fingerprint density at radius 1 is 1.09 bits per heavy atom. The largest absolute Gasteiger partial charge is 0.508 e. The number of aromatic hydroxyl groups is 1. The third kappa shape index (κ3) is 4.49. The highest BCUT2D eigenvalue weighted by atomic mass is 16.5. The zero-order valence-corrected chi connectivity index (χ0v) is 14.3. The first-order valence-electron chi connectivity index (χ1n) is 9.07. The number of hydrogen-bond acceptors (Lipinski definition) is 2. The Labute approximate surface area is 135 Å². The van der Waals surface area contributed by atoms with Crippen LogP contribution < -0.4 is 0 Å². The molecule has 0 bridgehead atoms. The lowest BCUT2D eigenvalue weighted by atomic mass is 9.69. The van der Waals surface area contributed by atoms with Gasteiger partial charge in [0.2, 0.25) is 0 Å². The Bertz CT molecular complexity index is 435. The molecule has 0 saturated heterocycles. The zero-order valence-electron chi connectivity index (χ0n) is 14.3. The maximum Gasteiger partial charge on any atom is 0.121 e.